The molecule has 1 N–H and O–H groups in total. The number of carbonyl (C=O) groups excluding carboxylic acids is 1. The Labute approximate surface area is 102 Å². The summed E-state index contributed by atoms with van der Waals surface area (Å²) in [6.45, 7) is 4.16. The largest absolute Gasteiger partial charge is 0.353 e. The van der Waals surface area contributed by atoms with Crippen LogP contribution in [0.2, 0.25) is 5.02 Å². The molecule has 1 aromatic rings. The van der Waals surface area contributed by atoms with E-state index in [9.17, 15) is 4.79 Å². The Morgan fingerprint density at radius 1 is 1.25 bits per heavy atom. The van der Waals surface area contributed by atoms with Gasteiger partial charge < -0.3 is 5.32 Å². The summed E-state index contributed by atoms with van der Waals surface area (Å²) in [6.07, 6.45) is 2.37. The molecular formula is C13H18ClNO. The molecule has 0 aliphatic carbocycles. The van der Waals surface area contributed by atoms with E-state index in [2.05, 4.69) is 19.2 Å². The van der Waals surface area contributed by atoms with Crippen LogP contribution in [0.3, 0.4) is 0 Å². The molecule has 0 heterocycles. The second kappa shape index (κ2) is 6.54. The topological polar surface area (TPSA) is 29.1 Å². The smallest absolute Gasteiger partial charge is 0.224 e. The highest BCUT2D eigenvalue weighted by Gasteiger charge is 2.08. The van der Waals surface area contributed by atoms with Crippen LogP contribution in [0.25, 0.3) is 0 Å². The number of amides is 1. The Hall–Kier alpha value is -1.02. The molecule has 0 fully saturated rings. The zero-order chi connectivity index (χ0) is 12.0. The summed E-state index contributed by atoms with van der Waals surface area (Å²) < 4.78 is 0. The maximum atomic E-state index is 11.7. The lowest BCUT2D eigenvalue weighted by Gasteiger charge is -2.14. The van der Waals surface area contributed by atoms with E-state index in [1.807, 2.05) is 12.1 Å². The lowest BCUT2D eigenvalue weighted by molar-refractivity contribution is -0.121. The van der Waals surface area contributed by atoms with E-state index >= 15 is 0 Å². The summed E-state index contributed by atoms with van der Waals surface area (Å²) in [5, 5.41) is 3.71. The summed E-state index contributed by atoms with van der Waals surface area (Å²) in [5.41, 5.74) is 0.993. The first kappa shape index (κ1) is 13.0. The Kier molecular flexibility index (Phi) is 5.33. The highest BCUT2D eigenvalue weighted by molar-refractivity contribution is 6.30. The molecule has 0 bridgehead atoms. The average molecular weight is 240 g/mol. The van der Waals surface area contributed by atoms with Gasteiger partial charge in [0.1, 0.15) is 0 Å². The minimum Gasteiger partial charge on any atom is -0.353 e. The maximum Gasteiger partial charge on any atom is 0.224 e. The molecule has 1 rings (SSSR count). The first-order chi connectivity index (χ1) is 7.65. The van der Waals surface area contributed by atoms with Crippen molar-refractivity contribution in [2.75, 3.05) is 0 Å². The van der Waals surface area contributed by atoms with Gasteiger partial charge in [-0.1, -0.05) is 37.6 Å². The molecule has 0 aromatic heterocycles. The number of hydrogen-bond acceptors (Lipinski definition) is 1. The van der Waals surface area contributed by atoms with Crippen molar-refractivity contribution in [2.45, 2.75) is 39.2 Å². The van der Waals surface area contributed by atoms with E-state index in [-0.39, 0.29) is 5.91 Å². The molecule has 3 heteroatoms. The summed E-state index contributed by atoms with van der Waals surface area (Å²) in [7, 11) is 0. The molecule has 0 saturated carbocycles. The summed E-state index contributed by atoms with van der Waals surface area (Å²) in [5.74, 6) is 0.0797. The molecule has 0 unspecified atom stereocenters. The van der Waals surface area contributed by atoms with Crippen LogP contribution >= 0.6 is 11.6 Å². The number of benzene rings is 1. The molecule has 0 aliphatic rings. The lowest BCUT2D eigenvalue weighted by atomic mass is 10.1. The van der Waals surface area contributed by atoms with Crippen molar-refractivity contribution in [1.29, 1.82) is 0 Å². The fraction of sp³-hybridized carbons (Fsp3) is 0.462. The van der Waals surface area contributed by atoms with E-state index in [0.717, 1.165) is 18.4 Å². The molecule has 0 radical (unpaired) electrons. The monoisotopic (exact) mass is 239 g/mol. The van der Waals surface area contributed by atoms with Crippen LogP contribution in [0.5, 0.6) is 0 Å². The zero-order valence-electron chi connectivity index (χ0n) is 9.79. The number of halogens is 1. The minimum atomic E-state index is 0.0797. The number of rotatable bonds is 5. The van der Waals surface area contributed by atoms with Crippen molar-refractivity contribution < 1.29 is 4.79 Å². The average Bonchev–Trinajstić information content (AvgIpc) is 2.29. The summed E-state index contributed by atoms with van der Waals surface area (Å²) in [6, 6.07) is 7.67. The van der Waals surface area contributed by atoms with Crippen LogP contribution in [-0.2, 0) is 11.2 Å². The van der Waals surface area contributed by atoms with Gasteiger partial charge in [0, 0.05) is 11.1 Å². The molecule has 1 amide bonds. The summed E-state index contributed by atoms with van der Waals surface area (Å²) >= 11 is 5.78. The van der Waals surface area contributed by atoms with Gasteiger partial charge in [-0.15, -0.1) is 0 Å². The third kappa shape index (κ3) is 4.23. The molecule has 0 aliphatic heterocycles. The van der Waals surface area contributed by atoms with Crippen molar-refractivity contribution >= 4 is 17.5 Å². The second-order valence-electron chi connectivity index (χ2n) is 3.88. The van der Waals surface area contributed by atoms with Crippen LogP contribution in [-0.4, -0.2) is 11.9 Å². The normalized spacial score (nSPS) is 10.5. The Bertz CT molecular complexity index is 330. The van der Waals surface area contributed by atoms with E-state index in [1.54, 1.807) is 12.1 Å². The molecular weight excluding hydrogens is 222 g/mol. The van der Waals surface area contributed by atoms with E-state index in [1.165, 1.54) is 0 Å². The molecule has 0 spiro atoms. The predicted molar refractivity (Wildman–Crippen MR) is 67.7 cm³/mol. The molecule has 0 saturated heterocycles. The molecule has 16 heavy (non-hydrogen) atoms. The van der Waals surface area contributed by atoms with Gasteiger partial charge in [0.2, 0.25) is 5.91 Å². The fourth-order valence-corrected chi connectivity index (χ4v) is 1.69. The number of nitrogens with one attached hydrogen (secondary N) is 1. The highest BCUT2D eigenvalue weighted by atomic mass is 35.5. The maximum absolute atomic E-state index is 11.7. The molecule has 88 valence electrons. The van der Waals surface area contributed by atoms with Crippen molar-refractivity contribution in [3.63, 3.8) is 0 Å². The highest BCUT2D eigenvalue weighted by Crippen LogP contribution is 2.10. The third-order valence-corrected chi connectivity index (χ3v) is 2.88. The lowest BCUT2D eigenvalue weighted by Crippen LogP contribution is -2.34. The minimum absolute atomic E-state index is 0.0797. The first-order valence-corrected chi connectivity index (χ1v) is 6.07. The second-order valence-corrected chi connectivity index (χ2v) is 4.32. The van der Waals surface area contributed by atoms with Crippen molar-refractivity contribution in [3.05, 3.63) is 34.9 Å². The van der Waals surface area contributed by atoms with E-state index in [4.69, 9.17) is 11.6 Å². The van der Waals surface area contributed by atoms with Crippen molar-refractivity contribution in [3.8, 4) is 0 Å². The van der Waals surface area contributed by atoms with Crippen LogP contribution < -0.4 is 5.32 Å². The van der Waals surface area contributed by atoms with Crippen LogP contribution in [0, 0.1) is 0 Å². The Balaban J connectivity index is 2.48. The zero-order valence-corrected chi connectivity index (χ0v) is 10.6. The fourth-order valence-electron chi connectivity index (χ4n) is 1.56. The number of hydrogen-bond donors (Lipinski definition) is 1. The van der Waals surface area contributed by atoms with Crippen molar-refractivity contribution in [2.24, 2.45) is 0 Å². The van der Waals surface area contributed by atoms with Gasteiger partial charge in [-0.2, -0.15) is 0 Å². The number of carbonyl (C=O) groups is 1. The SMILES string of the molecule is CCC(CC)NC(=O)Cc1ccc(Cl)cc1. The predicted octanol–water partition coefficient (Wildman–Crippen LogP) is 3.19. The van der Waals surface area contributed by atoms with Gasteiger partial charge in [-0.25, -0.2) is 0 Å². The van der Waals surface area contributed by atoms with Gasteiger partial charge in [0.25, 0.3) is 0 Å². The van der Waals surface area contributed by atoms with E-state index < -0.39 is 0 Å². The Morgan fingerprint density at radius 2 is 1.81 bits per heavy atom. The first-order valence-electron chi connectivity index (χ1n) is 5.69. The summed E-state index contributed by atoms with van der Waals surface area (Å²) in [4.78, 5) is 11.7. The van der Waals surface area contributed by atoms with Crippen molar-refractivity contribution in [1.82, 2.24) is 5.32 Å². The molecule has 0 atom stereocenters. The van der Waals surface area contributed by atoms with Gasteiger partial charge in [-0.3, -0.25) is 4.79 Å². The standard InChI is InChI=1S/C13H18ClNO/c1-3-12(4-2)15-13(16)9-10-5-7-11(14)8-6-10/h5-8,12H,3-4,9H2,1-2H3,(H,15,16). The third-order valence-electron chi connectivity index (χ3n) is 2.63. The van der Waals surface area contributed by atoms with Gasteiger partial charge in [-0.05, 0) is 30.5 Å². The van der Waals surface area contributed by atoms with E-state index in [0.29, 0.717) is 17.5 Å². The van der Waals surface area contributed by atoms with Crippen LogP contribution in [0.15, 0.2) is 24.3 Å². The quantitative estimate of drug-likeness (QED) is 0.840. The molecule has 2 nitrogen and oxygen atoms in total. The van der Waals surface area contributed by atoms with Crippen LogP contribution in [0.1, 0.15) is 32.3 Å². The van der Waals surface area contributed by atoms with Gasteiger partial charge in [0.05, 0.1) is 6.42 Å². The van der Waals surface area contributed by atoms with Gasteiger partial charge >= 0.3 is 0 Å². The van der Waals surface area contributed by atoms with Crippen LogP contribution in [0.4, 0.5) is 0 Å². The Morgan fingerprint density at radius 3 is 2.31 bits per heavy atom. The van der Waals surface area contributed by atoms with Gasteiger partial charge in [0.15, 0.2) is 0 Å². The molecule has 1 aromatic carbocycles.